The lowest BCUT2D eigenvalue weighted by atomic mass is 10.0. The van der Waals surface area contributed by atoms with E-state index in [0.717, 1.165) is 12.8 Å². The SMILES string of the molecule is O=C(NC1CCN(C(=O)c2ccoc2)CC1)c1cc(S(=O)(=O)N2CCCC2)ccc1Cl. The van der Waals surface area contributed by atoms with Gasteiger partial charge in [0.2, 0.25) is 10.0 Å². The van der Waals surface area contributed by atoms with Crippen LogP contribution in [0, 0.1) is 0 Å². The van der Waals surface area contributed by atoms with Gasteiger partial charge in [-0.25, -0.2) is 8.42 Å². The average molecular weight is 466 g/mol. The molecule has 2 aliphatic heterocycles. The molecule has 3 heterocycles. The van der Waals surface area contributed by atoms with Crippen molar-refractivity contribution in [1.82, 2.24) is 14.5 Å². The predicted molar refractivity (Wildman–Crippen MR) is 115 cm³/mol. The number of benzene rings is 1. The summed E-state index contributed by atoms with van der Waals surface area (Å²) in [6.45, 7) is 1.99. The highest BCUT2D eigenvalue weighted by molar-refractivity contribution is 7.89. The van der Waals surface area contributed by atoms with E-state index in [2.05, 4.69) is 5.32 Å². The summed E-state index contributed by atoms with van der Waals surface area (Å²) in [5.41, 5.74) is 0.643. The second kappa shape index (κ2) is 9.02. The van der Waals surface area contributed by atoms with Gasteiger partial charge >= 0.3 is 0 Å². The lowest BCUT2D eigenvalue weighted by Gasteiger charge is -2.32. The Bertz CT molecular complexity index is 1060. The molecule has 1 N–H and O–H groups in total. The van der Waals surface area contributed by atoms with E-state index in [1.54, 1.807) is 11.0 Å². The van der Waals surface area contributed by atoms with Gasteiger partial charge in [-0.05, 0) is 49.9 Å². The summed E-state index contributed by atoms with van der Waals surface area (Å²) >= 11 is 6.21. The molecular formula is C21H24ClN3O5S. The first-order chi connectivity index (χ1) is 14.9. The van der Waals surface area contributed by atoms with Crippen LogP contribution in [0.15, 0.2) is 46.1 Å². The molecule has 31 heavy (non-hydrogen) atoms. The van der Waals surface area contributed by atoms with E-state index in [-0.39, 0.29) is 27.4 Å². The molecule has 166 valence electrons. The van der Waals surface area contributed by atoms with Crippen molar-refractivity contribution in [2.24, 2.45) is 0 Å². The van der Waals surface area contributed by atoms with Gasteiger partial charge in [0, 0.05) is 32.2 Å². The molecule has 0 aliphatic carbocycles. The number of furan rings is 1. The molecule has 0 saturated carbocycles. The van der Waals surface area contributed by atoms with Gasteiger partial charge in [-0.1, -0.05) is 11.6 Å². The first kappa shape index (κ1) is 21.9. The Morgan fingerprint density at radius 2 is 1.77 bits per heavy atom. The van der Waals surface area contributed by atoms with Crippen molar-refractivity contribution in [2.45, 2.75) is 36.6 Å². The fourth-order valence-electron chi connectivity index (χ4n) is 3.98. The summed E-state index contributed by atoms with van der Waals surface area (Å²) in [4.78, 5) is 27.0. The maximum Gasteiger partial charge on any atom is 0.257 e. The Morgan fingerprint density at radius 1 is 1.06 bits per heavy atom. The third kappa shape index (κ3) is 4.63. The van der Waals surface area contributed by atoms with Crippen LogP contribution in [0.5, 0.6) is 0 Å². The highest BCUT2D eigenvalue weighted by atomic mass is 35.5. The van der Waals surface area contributed by atoms with Crippen LogP contribution in [-0.4, -0.2) is 61.7 Å². The van der Waals surface area contributed by atoms with Gasteiger partial charge in [0.1, 0.15) is 6.26 Å². The zero-order valence-electron chi connectivity index (χ0n) is 16.9. The van der Waals surface area contributed by atoms with Crippen molar-refractivity contribution in [1.29, 1.82) is 0 Å². The number of sulfonamides is 1. The maximum atomic E-state index is 12.8. The highest BCUT2D eigenvalue weighted by Gasteiger charge is 2.29. The van der Waals surface area contributed by atoms with E-state index < -0.39 is 15.9 Å². The van der Waals surface area contributed by atoms with Gasteiger partial charge in [-0.2, -0.15) is 4.31 Å². The van der Waals surface area contributed by atoms with Crippen LogP contribution in [0.2, 0.25) is 5.02 Å². The van der Waals surface area contributed by atoms with Crippen LogP contribution >= 0.6 is 11.6 Å². The summed E-state index contributed by atoms with van der Waals surface area (Å²) in [6.07, 6.45) is 5.74. The largest absolute Gasteiger partial charge is 0.472 e. The fraction of sp³-hybridized carbons (Fsp3) is 0.429. The Morgan fingerprint density at radius 3 is 2.42 bits per heavy atom. The lowest BCUT2D eigenvalue weighted by molar-refractivity contribution is 0.0697. The maximum absolute atomic E-state index is 12.8. The number of nitrogens with zero attached hydrogens (tertiary/aromatic N) is 2. The van der Waals surface area contributed by atoms with Crippen molar-refractivity contribution in [3.05, 3.63) is 52.9 Å². The number of amides is 2. The van der Waals surface area contributed by atoms with Gasteiger partial charge in [-0.3, -0.25) is 9.59 Å². The average Bonchev–Trinajstić information content (AvgIpc) is 3.48. The lowest BCUT2D eigenvalue weighted by Crippen LogP contribution is -2.46. The number of nitrogens with one attached hydrogen (secondary N) is 1. The first-order valence-electron chi connectivity index (χ1n) is 10.3. The smallest absolute Gasteiger partial charge is 0.257 e. The van der Waals surface area contributed by atoms with Gasteiger partial charge in [0.25, 0.3) is 11.8 Å². The normalized spacial score (nSPS) is 18.3. The van der Waals surface area contributed by atoms with Crippen molar-refractivity contribution in [2.75, 3.05) is 26.2 Å². The number of hydrogen-bond acceptors (Lipinski definition) is 5. The van der Waals surface area contributed by atoms with Gasteiger partial charge < -0.3 is 14.6 Å². The third-order valence-corrected chi connectivity index (χ3v) is 7.99. The molecule has 2 aliphatic rings. The fourth-order valence-corrected chi connectivity index (χ4v) is 5.72. The predicted octanol–water partition coefficient (Wildman–Crippen LogP) is 2.75. The summed E-state index contributed by atoms with van der Waals surface area (Å²) in [7, 11) is -3.64. The Kier molecular flexibility index (Phi) is 6.36. The molecule has 0 unspecified atom stereocenters. The molecule has 0 radical (unpaired) electrons. The second-order valence-electron chi connectivity index (χ2n) is 7.80. The van der Waals surface area contributed by atoms with Crippen LogP contribution in [0.25, 0.3) is 0 Å². The summed E-state index contributed by atoms with van der Waals surface area (Å²) < 4.78 is 32.0. The molecule has 2 amide bonds. The molecule has 4 rings (SSSR count). The van der Waals surface area contributed by atoms with E-state index in [0.29, 0.717) is 44.6 Å². The van der Waals surface area contributed by atoms with Crippen LogP contribution in [0.4, 0.5) is 0 Å². The van der Waals surface area contributed by atoms with Crippen LogP contribution < -0.4 is 5.32 Å². The van der Waals surface area contributed by atoms with E-state index in [4.69, 9.17) is 16.0 Å². The second-order valence-corrected chi connectivity index (χ2v) is 10.1. The van der Waals surface area contributed by atoms with Crippen LogP contribution in [-0.2, 0) is 10.0 Å². The summed E-state index contributed by atoms with van der Waals surface area (Å²) in [6, 6.07) is 5.73. The Hall–Kier alpha value is -2.36. The number of carbonyl (C=O) groups excluding carboxylic acids is 2. The van der Waals surface area contributed by atoms with Gasteiger partial charge in [0.05, 0.1) is 27.3 Å². The molecule has 10 heteroatoms. The van der Waals surface area contributed by atoms with E-state index in [9.17, 15) is 18.0 Å². The minimum absolute atomic E-state index is 0.0736. The number of hydrogen-bond donors (Lipinski definition) is 1. The number of carbonyl (C=O) groups is 2. The molecule has 8 nitrogen and oxygen atoms in total. The topological polar surface area (TPSA) is 99.9 Å². The molecule has 2 aromatic rings. The molecule has 2 saturated heterocycles. The number of rotatable bonds is 5. The van der Waals surface area contributed by atoms with Crippen LogP contribution in [0.1, 0.15) is 46.4 Å². The summed E-state index contributed by atoms with van der Waals surface area (Å²) in [5, 5.41) is 3.13. The van der Waals surface area contributed by atoms with Gasteiger partial charge in [-0.15, -0.1) is 0 Å². The van der Waals surface area contributed by atoms with Crippen molar-refractivity contribution < 1.29 is 22.4 Å². The van der Waals surface area contributed by atoms with E-state index in [1.807, 2.05) is 0 Å². The molecule has 1 aromatic heterocycles. The molecule has 0 atom stereocenters. The van der Waals surface area contributed by atoms with E-state index >= 15 is 0 Å². The monoisotopic (exact) mass is 465 g/mol. The minimum Gasteiger partial charge on any atom is -0.472 e. The van der Waals surface area contributed by atoms with E-state index in [1.165, 1.54) is 35.0 Å². The molecule has 0 spiro atoms. The standard InChI is InChI=1S/C21H24ClN3O5S/c22-19-4-3-17(31(28,29)25-8-1-2-9-25)13-18(19)20(26)23-16-5-10-24(11-6-16)21(27)15-7-12-30-14-15/h3-4,7,12-14,16H,1-2,5-6,8-11H2,(H,23,26). The molecule has 0 bridgehead atoms. The zero-order chi connectivity index (χ0) is 22.0. The molecule has 2 fully saturated rings. The number of halogens is 1. The van der Waals surface area contributed by atoms with Crippen molar-refractivity contribution in [3.63, 3.8) is 0 Å². The van der Waals surface area contributed by atoms with Crippen molar-refractivity contribution in [3.8, 4) is 0 Å². The third-order valence-electron chi connectivity index (χ3n) is 5.77. The zero-order valence-corrected chi connectivity index (χ0v) is 18.5. The van der Waals surface area contributed by atoms with Crippen molar-refractivity contribution >= 4 is 33.4 Å². The highest BCUT2D eigenvalue weighted by Crippen LogP contribution is 2.26. The number of likely N-dealkylation sites (tertiary alicyclic amines) is 1. The van der Waals surface area contributed by atoms with Crippen LogP contribution in [0.3, 0.4) is 0 Å². The summed E-state index contributed by atoms with van der Waals surface area (Å²) in [5.74, 6) is -0.510. The first-order valence-corrected chi connectivity index (χ1v) is 12.1. The quantitative estimate of drug-likeness (QED) is 0.731. The molecule has 1 aromatic carbocycles. The van der Waals surface area contributed by atoms with Gasteiger partial charge in [0.15, 0.2) is 0 Å². The molecular weight excluding hydrogens is 442 g/mol. The minimum atomic E-state index is -3.64. The Balaban J connectivity index is 1.40. The number of piperidine rings is 1. The Labute approximate surface area is 186 Å².